The first-order valence-electron chi connectivity index (χ1n) is 12.5. The molecule has 0 bridgehead atoms. The molecule has 0 fully saturated rings. The third kappa shape index (κ3) is 5.38. The third-order valence-electron chi connectivity index (χ3n) is 7.70. The molecule has 204 valence electrons. The second-order valence-corrected chi connectivity index (χ2v) is 16.3. The lowest BCUT2D eigenvalue weighted by Crippen LogP contribution is -2.41. The molecule has 0 amide bonds. The fraction of sp³-hybridized carbons (Fsp3) is 0.556. The number of benzene rings is 1. The van der Waals surface area contributed by atoms with Gasteiger partial charge in [0.25, 0.3) is 0 Å². The molecule has 0 aliphatic rings. The van der Waals surface area contributed by atoms with Gasteiger partial charge in [-0.3, -0.25) is 4.68 Å². The highest BCUT2D eigenvalue weighted by Gasteiger charge is 2.37. The van der Waals surface area contributed by atoms with Crippen LogP contribution in [0.15, 0.2) is 12.1 Å². The van der Waals surface area contributed by atoms with Crippen LogP contribution in [0.2, 0.25) is 23.2 Å². The van der Waals surface area contributed by atoms with E-state index in [1.807, 2.05) is 24.5 Å². The number of carbonyl (C=O) groups is 1. The SMILES string of the molecule is COC(=O)c1c(C)c2c(-c3c(C(O)CO)nn(C)c3C)c(Cl)ccc2n1CCCO[Si](C)(C)C(C)(C)C. The normalized spacial score (nSPS) is 13.4. The number of methoxy groups -OCH3 is 1. The Bertz CT molecular complexity index is 1310. The number of fused-ring (bicyclic) bond motifs is 1. The van der Waals surface area contributed by atoms with E-state index in [2.05, 4.69) is 39.0 Å². The van der Waals surface area contributed by atoms with E-state index in [-0.39, 0.29) is 5.04 Å². The number of nitrogens with zero attached hydrogens (tertiary/aromatic N) is 3. The van der Waals surface area contributed by atoms with Gasteiger partial charge in [0, 0.05) is 52.9 Å². The highest BCUT2D eigenvalue weighted by atomic mass is 35.5. The highest BCUT2D eigenvalue weighted by Crippen LogP contribution is 2.43. The quantitative estimate of drug-likeness (QED) is 0.207. The van der Waals surface area contributed by atoms with Crippen LogP contribution in [0.5, 0.6) is 0 Å². The van der Waals surface area contributed by atoms with Gasteiger partial charge in [0.05, 0.1) is 13.7 Å². The third-order valence-corrected chi connectivity index (χ3v) is 12.6. The van der Waals surface area contributed by atoms with Crippen LogP contribution in [0.3, 0.4) is 0 Å². The number of rotatable bonds is 9. The summed E-state index contributed by atoms with van der Waals surface area (Å²) in [5, 5.41) is 26.0. The smallest absolute Gasteiger partial charge is 0.354 e. The average Bonchev–Trinajstić information content (AvgIpc) is 3.28. The van der Waals surface area contributed by atoms with Crippen molar-refractivity contribution in [2.24, 2.45) is 7.05 Å². The van der Waals surface area contributed by atoms with Crippen LogP contribution in [-0.4, -0.2) is 59.2 Å². The molecule has 1 aromatic carbocycles. The number of aliphatic hydroxyl groups excluding tert-OH is 2. The van der Waals surface area contributed by atoms with E-state index in [4.69, 9.17) is 20.8 Å². The first kappa shape index (κ1) is 29.4. The van der Waals surface area contributed by atoms with E-state index in [0.29, 0.717) is 40.7 Å². The number of halogens is 1. The van der Waals surface area contributed by atoms with Crippen molar-refractivity contribution in [2.75, 3.05) is 20.3 Å². The van der Waals surface area contributed by atoms with Crippen LogP contribution in [0.4, 0.5) is 0 Å². The van der Waals surface area contributed by atoms with Crippen LogP contribution in [0.25, 0.3) is 22.0 Å². The maximum absolute atomic E-state index is 13.0. The molecule has 1 unspecified atom stereocenters. The highest BCUT2D eigenvalue weighted by molar-refractivity contribution is 6.74. The van der Waals surface area contributed by atoms with Gasteiger partial charge in [-0.15, -0.1) is 0 Å². The topological polar surface area (TPSA) is 98.7 Å². The maximum Gasteiger partial charge on any atom is 0.354 e. The number of aryl methyl sites for hydroxylation is 3. The summed E-state index contributed by atoms with van der Waals surface area (Å²) in [6.45, 7) is 15.5. The van der Waals surface area contributed by atoms with Crippen LogP contribution < -0.4 is 0 Å². The van der Waals surface area contributed by atoms with Crippen molar-refractivity contribution in [2.45, 2.75) is 71.8 Å². The molecule has 0 spiro atoms. The number of hydrogen-bond donors (Lipinski definition) is 2. The zero-order valence-electron chi connectivity index (χ0n) is 23.4. The van der Waals surface area contributed by atoms with Crippen molar-refractivity contribution in [1.29, 1.82) is 0 Å². The number of carbonyl (C=O) groups excluding carboxylic acids is 1. The van der Waals surface area contributed by atoms with Crippen molar-refractivity contribution < 1.29 is 24.2 Å². The molecule has 2 heterocycles. The molecule has 0 radical (unpaired) electrons. The van der Waals surface area contributed by atoms with Gasteiger partial charge < -0.3 is 23.9 Å². The molecule has 3 aromatic rings. The second kappa shape index (κ2) is 10.9. The molecule has 37 heavy (non-hydrogen) atoms. The molecular formula is C27H40ClN3O5Si. The zero-order valence-corrected chi connectivity index (χ0v) is 25.2. The Morgan fingerprint density at radius 3 is 2.43 bits per heavy atom. The predicted molar refractivity (Wildman–Crippen MR) is 150 cm³/mol. The average molecular weight is 550 g/mol. The summed E-state index contributed by atoms with van der Waals surface area (Å²) in [4.78, 5) is 13.0. The Balaban J connectivity index is 2.17. The van der Waals surface area contributed by atoms with E-state index in [0.717, 1.165) is 28.6 Å². The van der Waals surface area contributed by atoms with E-state index in [1.165, 1.54) is 7.11 Å². The van der Waals surface area contributed by atoms with Crippen molar-refractivity contribution >= 4 is 36.8 Å². The fourth-order valence-corrected chi connectivity index (χ4v) is 5.82. The lowest BCUT2D eigenvalue weighted by atomic mass is 9.95. The maximum atomic E-state index is 13.0. The van der Waals surface area contributed by atoms with Gasteiger partial charge in [-0.25, -0.2) is 4.79 Å². The van der Waals surface area contributed by atoms with Gasteiger partial charge in [-0.05, 0) is 56.1 Å². The minimum Gasteiger partial charge on any atom is -0.464 e. The predicted octanol–water partition coefficient (Wildman–Crippen LogP) is 5.54. The Kier molecular flexibility index (Phi) is 8.66. The van der Waals surface area contributed by atoms with Crippen molar-refractivity contribution in [3.05, 3.63) is 39.8 Å². The van der Waals surface area contributed by atoms with Crippen LogP contribution >= 0.6 is 11.6 Å². The van der Waals surface area contributed by atoms with E-state index >= 15 is 0 Å². The lowest BCUT2D eigenvalue weighted by Gasteiger charge is -2.36. The first-order valence-corrected chi connectivity index (χ1v) is 15.8. The van der Waals surface area contributed by atoms with Gasteiger partial charge in [-0.2, -0.15) is 5.10 Å². The molecule has 2 N–H and O–H groups in total. The summed E-state index contributed by atoms with van der Waals surface area (Å²) >= 11 is 6.78. The van der Waals surface area contributed by atoms with Gasteiger partial charge >= 0.3 is 5.97 Å². The first-order chi connectivity index (χ1) is 17.2. The zero-order chi connectivity index (χ0) is 27.9. The molecule has 2 aromatic heterocycles. The van der Waals surface area contributed by atoms with Crippen molar-refractivity contribution in [1.82, 2.24) is 14.3 Å². The van der Waals surface area contributed by atoms with Crippen LogP contribution in [0, 0.1) is 13.8 Å². The molecule has 0 aliphatic carbocycles. The van der Waals surface area contributed by atoms with Crippen LogP contribution in [0.1, 0.15) is 60.7 Å². The minimum atomic E-state index is -1.89. The second-order valence-electron chi connectivity index (χ2n) is 11.1. The number of esters is 1. The fourth-order valence-electron chi connectivity index (χ4n) is 4.48. The lowest BCUT2D eigenvalue weighted by molar-refractivity contribution is 0.0587. The van der Waals surface area contributed by atoms with E-state index < -0.39 is 27.0 Å². The molecular weight excluding hydrogens is 510 g/mol. The Labute approximate surface area is 225 Å². The monoisotopic (exact) mass is 549 g/mol. The molecule has 0 aliphatic heterocycles. The van der Waals surface area contributed by atoms with E-state index in [1.54, 1.807) is 17.8 Å². The van der Waals surface area contributed by atoms with Gasteiger partial charge in [0.2, 0.25) is 0 Å². The van der Waals surface area contributed by atoms with Crippen molar-refractivity contribution in [3.8, 4) is 11.1 Å². The van der Waals surface area contributed by atoms with Crippen molar-refractivity contribution in [3.63, 3.8) is 0 Å². The number of aromatic nitrogens is 3. The molecule has 3 rings (SSSR count). The van der Waals surface area contributed by atoms with Gasteiger partial charge in [0.15, 0.2) is 8.32 Å². The van der Waals surface area contributed by atoms with Gasteiger partial charge in [0.1, 0.15) is 17.5 Å². The van der Waals surface area contributed by atoms with Gasteiger partial charge in [-0.1, -0.05) is 32.4 Å². The number of aliphatic hydroxyl groups is 2. The molecule has 8 nitrogen and oxygen atoms in total. The molecule has 1 atom stereocenters. The summed E-state index contributed by atoms with van der Waals surface area (Å²) in [6, 6.07) is 3.70. The standard InChI is InChI=1S/C27H40ClN3O5Si/c1-16-21-19(12-11-18(28)23(21)22-17(2)30(6)29-24(22)20(33)15-32)31(25(16)26(34)35-7)13-10-14-36-37(8,9)27(3,4)5/h11-12,20,32-33H,10,13-15H2,1-9H3. The Morgan fingerprint density at radius 2 is 1.86 bits per heavy atom. The Morgan fingerprint density at radius 1 is 1.22 bits per heavy atom. The number of hydrogen-bond acceptors (Lipinski definition) is 6. The van der Waals surface area contributed by atoms with Crippen LogP contribution in [-0.2, 0) is 22.8 Å². The molecule has 0 saturated carbocycles. The summed E-state index contributed by atoms with van der Waals surface area (Å²) in [5.41, 5.74) is 4.47. The molecule has 0 saturated heterocycles. The Hall–Kier alpha value is -2.17. The summed E-state index contributed by atoms with van der Waals surface area (Å²) in [7, 11) is 1.26. The summed E-state index contributed by atoms with van der Waals surface area (Å²) in [6.07, 6.45) is -0.450. The largest absolute Gasteiger partial charge is 0.464 e. The number of ether oxygens (including phenoxy) is 1. The molecule has 10 heteroatoms. The summed E-state index contributed by atoms with van der Waals surface area (Å²) < 4.78 is 15.2. The summed E-state index contributed by atoms with van der Waals surface area (Å²) in [5.74, 6) is -0.431. The minimum absolute atomic E-state index is 0.116. The van der Waals surface area contributed by atoms with E-state index in [9.17, 15) is 15.0 Å².